The van der Waals surface area contributed by atoms with Crippen molar-refractivity contribution < 1.29 is 14.3 Å². The molecule has 1 unspecified atom stereocenters. The number of methoxy groups -OCH3 is 1. The lowest BCUT2D eigenvalue weighted by molar-refractivity contribution is -0.133. The van der Waals surface area contributed by atoms with E-state index in [1.807, 2.05) is 55.3 Å². The first-order valence-electron chi connectivity index (χ1n) is 9.78. The van der Waals surface area contributed by atoms with Crippen molar-refractivity contribution in [3.05, 3.63) is 54.1 Å². The van der Waals surface area contributed by atoms with Crippen LogP contribution in [0, 0.1) is 5.92 Å². The Balaban J connectivity index is 1.83. The average molecular weight is 380 g/mol. The molecule has 2 aromatic rings. The van der Waals surface area contributed by atoms with Crippen LogP contribution in [-0.2, 0) is 16.0 Å². The summed E-state index contributed by atoms with van der Waals surface area (Å²) in [7, 11) is 3.48. The second-order valence-corrected chi connectivity index (χ2v) is 7.29. The monoisotopic (exact) mass is 380 g/mol. The number of rotatable bonds is 5. The number of carbonyl (C=O) groups is 2. The maximum Gasteiger partial charge on any atom is 0.227 e. The second-order valence-electron chi connectivity index (χ2n) is 7.29. The summed E-state index contributed by atoms with van der Waals surface area (Å²) < 4.78 is 5.33. The van der Waals surface area contributed by atoms with Crippen LogP contribution in [-0.4, -0.2) is 55.4 Å². The Hall–Kier alpha value is -2.82. The Labute approximate surface area is 166 Å². The number of hydrogen-bond acceptors (Lipinski definition) is 3. The standard InChI is InChI=1S/C23H28N2O3/c1-4-22(26)25-12-11-24(2)23(27)20(16-25)14-17-7-5-8-18(13-17)19-9-6-10-21(15-19)28-3/h5-10,13,15,20H,4,11-12,14,16H2,1-3H3. The summed E-state index contributed by atoms with van der Waals surface area (Å²) in [4.78, 5) is 28.6. The predicted octanol–water partition coefficient (Wildman–Crippen LogP) is 3.23. The Morgan fingerprint density at radius 1 is 1.11 bits per heavy atom. The molecular formula is C23H28N2O3. The minimum absolute atomic E-state index is 0.109. The third-order valence-corrected chi connectivity index (χ3v) is 5.34. The number of benzene rings is 2. The summed E-state index contributed by atoms with van der Waals surface area (Å²) in [5.74, 6) is 0.817. The van der Waals surface area contributed by atoms with Gasteiger partial charge in [0.05, 0.1) is 13.0 Å². The van der Waals surface area contributed by atoms with Crippen molar-refractivity contribution in [3.8, 4) is 16.9 Å². The molecule has 5 nitrogen and oxygen atoms in total. The third-order valence-electron chi connectivity index (χ3n) is 5.34. The van der Waals surface area contributed by atoms with Crippen molar-refractivity contribution in [1.82, 2.24) is 9.80 Å². The molecule has 0 bridgehead atoms. The van der Waals surface area contributed by atoms with Gasteiger partial charge in [-0.3, -0.25) is 9.59 Å². The molecule has 0 N–H and O–H groups in total. The first-order chi connectivity index (χ1) is 13.5. The molecule has 1 aliphatic rings. The number of ether oxygens (including phenoxy) is 1. The molecule has 1 heterocycles. The molecule has 1 atom stereocenters. The molecule has 0 aromatic heterocycles. The van der Waals surface area contributed by atoms with Gasteiger partial charge in [-0.1, -0.05) is 43.3 Å². The van der Waals surface area contributed by atoms with Gasteiger partial charge in [-0.2, -0.15) is 0 Å². The lowest BCUT2D eigenvalue weighted by Gasteiger charge is -2.23. The third kappa shape index (κ3) is 4.53. The van der Waals surface area contributed by atoms with Crippen LogP contribution in [0.4, 0.5) is 0 Å². The number of amides is 2. The van der Waals surface area contributed by atoms with E-state index in [2.05, 4.69) is 12.1 Å². The lowest BCUT2D eigenvalue weighted by atomic mass is 9.94. The van der Waals surface area contributed by atoms with E-state index in [0.717, 1.165) is 22.4 Å². The summed E-state index contributed by atoms with van der Waals surface area (Å²) in [6, 6.07) is 16.2. The van der Waals surface area contributed by atoms with Gasteiger partial charge in [0.2, 0.25) is 11.8 Å². The van der Waals surface area contributed by atoms with Gasteiger partial charge < -0.3 is 14.5 Å². The second kappa shape index (κ2) is 8.91. The van der Waals surface area contributed by atoms with Crippen LogP contribution in [0.5, 0.6) is 5.75 Å². The van der Waals surface area contributed by atoms with Crippen LogP contribution in [0.2, 0.25) is 0 Å². The van der Waals surface area contributed by atoms with E-state index < -0.39 is 0 Å². The maximum absolute atomic E-state index is 12.8. The largest absolute Gasteiger partial charge is 0.497 e. The van der Waals surface area contributed by atoms with Gasteiger partial charge in [0.15, 0.2) is 0 Å². The molecule has 1 fully saturated rings. The molecule has 28 heavy (non-hydrogen) atoms. The van der Waals surface area contributed by atoms with Crippen molar-refractivity contribution in [3.63, 3.8) is 0 Å². The maximum atomic E-state index is 12.8. The Bertz CT molecular complexity index is 849. The molecule has 1 aliphatic heterocycles. The Morgan fingerprint density at radius 2 is 1.82 bits per heavy atom. The SMILES string of the molecule is CCC(=O)N1CCN(C)C(=O)C(Cc2cccc(-c3cccc(OC)c3)c2)C1. The van der Waals surface area contributed by atoms with Gasteiger partial charge in [0.25, 0.3) is 0 Å². The fraction of sp³-hybridized carbons (Fsp3) is 0.391. The van der Waals surface area contributed by atoms with Crippen LogP contribution in [0.15, 0.2) is 48.5 Å². The van der Waals surface area contributed by atoms with Crippen molar-refractivity contribution in [2.75, 3.05) is 33.8 Å². The minimum atomic E-state index is -0.219. The molecule has 2 amide bonds. The van der Waals surface area contributed by atoms with Gasteiger partial charge >= 0.3 is 0 Å². The smallest absolute Gasteiger partial charge is 0.227 e. The predicted molar refractivity (Wildman–Crippen MR) is 110 cm³/mol. The van der Waals surface area contributed by atoms with Crippen LogP contribution in [0.1, 0.15) is 18.9 Å². The highest BCUT2D eigenvalue weighted by Crippen LogP contribution is 2.26. The Kier molecular flexibility index (Phi) is 6.34. The van der Waals surface area contributed by atoms with E-state index >= 15 is 0 Å². The zero-order chi connectivity index (χ0) is 20.1. The van der Waals surface area contributed by atoms with Gasteiger partial charge in [-0.25, -0.2) is 0 Å². The molecular weight excluding hydrogens is 352 g/mol. The highest BCUT2D eigenvalue weighted by Gasteiger charge is 2.30. The summed E-state index contributed by atoms with van der Waals surface area (Å²) in [6.45, 7) is 3.55. The lowest BCUT2D eigenvalue weighted by Crippen LogP contribution is -2.37. The van der Waals surface area contributed by atoms with Crippen molar-refractivity contribution in [2.45, 2.75) is 19.8 Å². The van der Waals surface area contributed by atoms with Gasteiger partial charge in [-0.05, 0) is 35.2 Å². The molecule has 5 heteroatoms. The van der Waals surface area contributed by atoms with E-state index in [4.69, 9.17) is 4.74 Å². The van der Waals surface area contributed by atoms with E-state index in [-0.39, 0.29) is 17.7 Å². The molecule has 0 saturated carbocycles. The zero-order valence-corrected chi connectivity index (χ0v) is 16.9. The molecule has 148 valence electrons. The molecule has 3 rings (SSSR count). The number of hydrogen-bond donors (Lipinski definition) is 0. The molecule has 0 spiro atoms. The quantitative estimate of drug-likeness (QED) is 0.800. The topological polar surface area (TPSA) is 49.9 Å². The summed E-state index contributed by atoms with van der Waals surface area (Å²) in [6.07, 6.45) is 1.09. The summed E-state index contributed by atoms with van der Waals surface area (Å²) >= 11 is 0. The Morgan fingerprint density at radius 3 is 2.54 bits per heavy atom. The van der Waals surface area contributed by atoms with Crippen molar-refractivity contribution in [2.24, 2.45) is 5.92 Å². The molecule has 2 aromatic carbocycles. The number of likely N-dealkylation sites (N-methyl/N-ethyl adjacent to an activating group) is 1. The highest BCUT2D eigenvalue weighted by atomic mass is 16.5. The van der Waals surface area contributed by atoms with Gasteiger partial charge in [0, 0.05) is 33.1 Å². The number of carbonyl (C=O) groups excluding carboxylic acids is 2. The van der Waals surface area contributed by atoms with Gasteiger partial charge in [0.1, 0.15) is 5.75 Å². The van der Waals surface area contributed by atoms with E-state index in [1.165, 1.54) is 0 Å². The first-order valence-corrected chi connectivity index (χ1v) is 9.78. The zero-order valence-electron chi connectivity index (χ0n) is 16.9. The average Bonchev–Trinajstić information content (AvgIpc) is 2.87. The van der Waals surface area contributed by atoms with Crippen molar-refractivity contribution >= 4 is 11.8 Å². The first kappa shape index (κ1) is 19.9. The summed E-state index contributed by atoms with van der Waals surface area (Å²) in [5.41, 5.74) is 3.26. The molecule has 0 aliphatic carbocycles. The van der Waals surface area contributed by atoms with Crippen LogP contribution in [0.3, 0.4) is 0 Å². The van der Waals surface area contributed by atoms with Crippen LogP contribution < -0.4 is 4.74 Å². The summed E-state index contributed by atoms with van der Waals surface area (Å²) in [5, 5.41) is 0. The highest BCUT2D eigenvalue weighted by molar-refractivity contribution is 5.82. The molecule has 0 radical (unpaired) electrons. The van der Waals surface area contributed by atoms with Crippen LogP contribution >= 0.6 is 0 Å². The van der Waals surface area contributed by atoms with E-state index in [0.29, 0.717) is 32.5 Å². The fourth-order valence-corrected chi connectivity index (χ4v) is 3.69. The van der Waals surface area contributed by atoms with E-state index in [1.54, 1.807) is 12.0 Å². The fourth-order valence-electron chi connectivity index (χ4n) is 3.69. The molecule has 1 saturated heterocycles. The normalized spacial score (nSPS) is 17.4. The van der Waals surface area contributed by atoms with Crippen LogP contribution in [0.25, 0.3) is 11.1 Å². The van der Waals surface area contributed by atoms with Gasteiger partial charge in [-0.15, -0.1) is 0 Å². The van der Waals surface area contributed by atoms with Crippen molar-refractivity contribution in [1.29, 1.82) is 0 Å². The minimum Gasteiger partial charge on any atom is -0.497 e. The number of nitrogens with zero attached hydrogens (tertiary/aromatic N) is 2. The van der Waals surface area contributed by atoms with E-state index in [9.17, 15) is 9.59 Å².